The lowest BCUT2D eigenvalue weighted by Gasteiger charge is -2.08. The molecule has 0 spiro atoms. The summed E-state index contributed by atoms with van der Waals surface area (Å²) in [5.74, 6) is 0. The van der Waals surface area contributed by atoms with Crippen molar-refractivity contribution in [2.75, 3.05) is 5.32 Å². The molecule has 2 nitrogen and oxygen atoms in total. The Bertz CT molecular complexity index is 472. The summed E-state index contributed by atoms with van der Waals surface area (Å²) in [6, 6.07) is 10.1. The zero-order valence-corrected chi connectivity index (χ0v) is 11.6. The lowest BCUT2D eigenvalue weighted by Crippen LogP contribution is -1.99. The van der Waals surface area contributed by atoms with Gasteiger partial charge < -0.3 is 5.32 Å². The molecule has 0 saturated carbocycles. The summed E-state index contributed by atoms with van der Waals surface area (Å²) >= 11 is 6.94. The highest BCUT2D eigenvalue weighted by Gasteiger charge is 1.99. The Labute approximate surface area is 111 Å². The summed E-state index contributed by atoms with van der Waals surface area (Å²) in [7, 11) is 0. The summed E-state index contributed by atoms with van der Waals surface area (Å²) in [6.07, 6.45) is 3.60. The molecule has 0 bridgehead atoms. The van der Waals surface area contributed by atoms with Crippen LogP contribution in [0.15, 0.2) is 51.7 Å². The number of rotatable bonds is 3. The maximum Gasteiger partial charge on any atom is 0.0488 e. The van der Waals surface area contributed by atoms with Crippen LogP contribution >= 0.6 is 31.9 Å². The first kappa shape index (κ1) is 11.6. The molecule has 1 heterocycles. The third-order valence-electron chi connectivity index (χ3n) is 2.16. The number of halogens is 2. The fraction of sp³-hybridized carbons (Fsp3) is 0.0833. The molecule has 0 aliphatic rings. The van der Waals surface area contributed by atoms with E-state index in [4.69, 9.17) is 0 Å². The fourth-order valence-electron chi connectivity index (χ4n) is 1.33. The van der Waals surface area contributed by atoms with Gasteiger partial charge in [0.15, 0.2) is 0 Å². The predicted octanol–water partition coefficient (Wildman–Crippen LogP) is 4.22. The lowest BCUT2D eigenvalue weighted by atomic mass is 10.2. The van der Waals surface area contributed by atoms with Crippen molar-refractivity contribution in [3.63, 3.8) is 0 Å². The van der Waals surface area contributed by atoms with E-state index in [0.717, 1.165) is 21.2 Å². The number of hydrogen-bond donors (Lipinski definition) is 1. The van der Waals surface area contributed by atoms with Crippen LogP contribution in [0.1, 0.15) is 5.56 Å². The SMILES string of the molecule is Brc1ccc(NCc2ccncc2)c(Br)c1. The van der Waals surface area contributed by atoms with Crippen LogP contribution < -0.4 is 5.32 Å². The molecule has 0 aliphatic carbocycles. The molecule has 16 heavy (non-hydrogen) atoms. The molecule has 1 N–H and O–H groups in total. The number of benzene rings is 1. The minimum Gasteiger partial charge on any atom is -0.380 e. The minimum atomic E-state index is 0.794. The Balaban J connectivity index is 2.05. The van der Waals surface area contributed by atoms with Gasteiger partial charge >= 0.3 is 0 Å². The number of nitrogens with zero attached hydrogens (tertiary/aromatic N) is 1. The van der Waals surface area contributed by atoms with Crippen LogP contribution in [0, 0.1) is 0 Å². The minimum absolute atomic E-state index is 0.794. The molecule has 2 rings (SSSR count). The van der Waals surface area contributed by atoms with E-state index in [1.807, 2.05) is 30.3 Å². The third kappa shape index (κ3) is 3.06. The van der Waals surface area contributed by atoms with E-state index >= 15 is 0 Å². The van der Waals surface area contributed by atoms with Crippen LogP contribution in [0.4, 0.5) is 5.69 Å². The molecule has 2 aromatic rings. The monoisotopic (exact) mass is 340 g/mol. The van der Waals surface area contributed by atoms with Crippen molar-refractivity contribution >= 4 is 37.5 Å². The van der Waals surface area contributed by atoms with Crippen molar-refractivity contribution in [2.24, 2.45) is 0 Å². The Hall–Kier alpha value is -0.870. The molecule has 0 radical (unpaired) electrons. The molecule has 0 saturated heterocycles. The Morgan fingerprint density at radius 1 is 1.06 bits per heavy atom. The second kappa shape index (κ2) is 5.46. The van der Waals surface area contributed by atoms with E-state index in [1.54, 1.807) is 12.4 Å². The zero-order valence-electron chi connectivity index (χ0n) is 8.45. The average molecular weight is 342 g/mol. The largest absolute Gasteiger partial charge is 0.380 e. The van der Waals surface area contributed by atoms with Crippen molar-refractivity contribution in [3.8, 4) is 0 Å². The highest BCUT2D eigenvalue weighted by molar-refractivity contribution is 9.11. The first-order chi connectivity index (χ1) is 7.75. The topological polar surface area (TPSA) is 24.9 Å². The number of pyridine rings is 1. The van der Waals surface area contributed by atoms with Crippen LogP contribution in [0.3, 0.4) is 0 Å². The summed E-state index contributed by atoms with van der Waals surface area (Å²) in [4.78, 5) is 3.99. The van der Waals surface area contributed by atoms with Gasteiger partial charge in [-0.15, -0.1) is 0 Å². The van der Waals surface area contributed by atoms with Crippen molar-refractivity contribution in [3.05, 3.63) is 57.2 Å². The van der Waals surface area contributed by atoms with Gasteiger partial charge in [0.1, 0.15) is 0 Å². The first-order valence-corrected chi connectivity index (χ1v) is 6.42. The molecule has 0 amide bonds. The van der Waals surface area contributed by atoms with Crippen LogP contribution in [-0.2, 0) is 6.54 Å². The zero-order chi connectivity index (χ0) is 11.4. The van der Waals surface area contributed by atoms with Crippen molar-refractivity contribution in [1.29, 1.82) is 0 Å². The highest BCUT2D eigenvalue weighted by Crippen LogP contribution is 2.26. The Morgan fingerprint density at radius 3 is 2.50 bits per heavy atom. The summed E-state index contributed by atoms with van der Waals surface area (Å²) in [6.45, 7) is 0.794. The second-order valence-electron chi connectivity index (χ2n) is 3.33. The van der Waals surface area contributed by atoms with Crippen LogP contribution in [-0.4, -0.2) is 4.98 Å². The number of nitrogens with one attached hydrogen (secondary N) is 1. The molecule has 1 aromatic carbocycles. The van der Waals surface area contributed by atoms with Gasteiger partial charge in [-0.2, -0.15) is 0 Å². The summed E-state index contributed by atoms with van der Waals surface area (Å²) < 4.78 is 2.12. The maximum atomic E-state index is 3.99. The molecule has 0 aliphatic heterocycles. The summed E-state index contributed by atoms with van der Waals surface area (Å²) in [5, 5.41) is 3.36. The Morgan fingerprint density at radius 2 is 1.81 bits per heavy atom. The van der Waals surface area contributed by atoms with Crippen molar-refractivity contribution in [2.45, 2.75) is 6.54 Å². The average Bonchev–Trinajstić information content (AvgIpc) is 2.29. The highest BCUT2D eigenvalue weighted by atomic mass is 79.9. The van der Waals surface area contributed by atoms with E-state index in [0.29, 0.717) is 0 Å². The van der Waals surface area contributed by atoms with Crippen LogP contribution in [0.25, 0.3) is 0 Å². The quantitative estimate of drug-likeness (QED) is 0.904. The standard InChI is InChI=1S/C12H10Br2N2/c13-10-1-2-12(11(14)7-10)16-8-9-3-5-15-6-4-9/h1-7,16H,8H2. The molecule has 82 valence electrons. The predicted molar refractivity (Wildman–Crippen MR) is 73.4 cm³/mol. The molecule has 1 aromatic heterocycles. The van der Waals surface area contributed by atoms with Gasteiger partial charge in [0.2, 0.25) is 0 Å². The molecular weight excluding hydrogens is 332 g/mol. The van der Waals surface area contributed by atoms with E-state index in [2.05, 4.69) is 42.2 Å². The normalized spacial score (nSPS) is 10.1. The van der Waals surface area contributed by atoms with Gasteiger partial charge in [0, 0.05) is 33.6 Å². The molecule has 0 unspecified atom stereocenters. The smallest absolute Gasteiger partial charge is 0.0488 e. The van der Waals surface area contributed by atoms with Crippen LogP contribution in [0.2, 0.25) is 0 Å². The van der Waals surface area contributed by atoms with E-state index in [1.165, 1.54) is 5.56 Å². The Kier molecular flexibility index (Phi) is 3.96. The van der Waals surface area contributed by atoms with Gasteiger partial charge in [-0.3, -0.25) is 4.98 Å². The van der Waals surface area contributed by atoms with Crippen LogP contribution in [0.5, 0.6) is 0 Å². The van der Waals surface area contributed by atoms with E-state index in [-0.39, 0.29) is 0 Å². The van der Waals surface area contributed by atoms with Crippen molar-refractivity contribution in [1.82, 2.24) is 4.98 Å². The van der Waals surface area contributed by atoms with Crippen molar-refractivity contribution < 1.29 is 0 Å². The van der Waals surface area contributed by atoms with Gasteiger partial charge in [-0.1, -0.05) is 15.9 Å². The number of anilines is 1. The number of aromatic nitrogens is 1. The van der Waals surface area contributed by atoms with Gasteiger partial charge in [-0.25, -0.2) is 0 Å². The van der Waals surface area contributed by atoms with E-state index in [9.17, 15) is 0 Å². The molecule has 0 fully saturated rings. The van der Waals surface area contributed by atoms with Gasteiger partial charge in [0.05, 0.1) is 0 Å². The molecule has 0 atom stereocenters. The third-order valence-corrected chi connectivity index (χ3v) is 3.31. The second-order valence-corrected chi connectivity index (χ2v) is 5.10. The first-order valence-electron chi connectivity index (χ1n) is 4.83. The molecule has 4 heteroatoms. The summed E-state index contributed by atoms with van der Waals surface area (Å²) in [5.41, 5.74) is 2.30. The fourth-order valence-corrected chi connectivity index (χ4v) is 2.52. The van der Waals surface area contributed by atoms with E-state index < -0.39 is 0 Å². The maximum absolute atomic E-state index is 3.99. The lowest BCUT2D eigenvalue weighted by molar-refractivity contribution is 1.12. The van der Waals surface area contributed by atoms with Gasteiger partial charge in [0.25, 0.3) is 0 Å². The number of hydrogen-bond acceptors (Lipinski definition) is 2. The molecular formula is C12H10Br2N2. The van der Waals surface area contributed by atoms with Gasteiger partial charge in [-0.05, 0) is 51.8 Å².